The van der Waals surface area contributed by atoms with Crippen molar-refractivity contribution in [3.63, 3.8) is 0 Å². The summed E-state index contributed by atoms with van der Waals surface area (Å²) in [4.78, 5) is 26.1. The summed E-state index contributed by atoms with van der Waals surface area (Å²) < 4.78 is 28.8. The van der Waals surface area contributed by atoms with Gasteiger partial charge in [0.15, 0.2) is 15.9 Å². The van der Waals surface area contributed by atoms with Crippen molar-refractivity contribution in [2.45, 2.75) is 24.5 Å². The second-order valence-electron chi connectivity index (χ2n) is 6.00. The molecule has 138 valence electrons. The molecule has 2 rings (SSSR count). The molecular formula is C19H21NO5S. The van der Waals surface area contributed by atoms with Gasteiger partial charge in [0.2, 0.25) is 0 Å². The molecule has 7 heteroatoms. The Kier molecular flexibility index (Phi) is 6.15. The highest BCUT2D eigenvalue weighted by Crippen LogP contribution is 2.17. The normalized spacial score (nSPS) is 12.3. The Morgan fingerprint density at radius 2 is 1.62 bits per heavy atom. The molecule has 0 aliphatic rings. The van der Waals surface area contributed by atoms with Crippen LogP contribution in [0.3, 0.4) is 0 Å². The summed E-state index contributed by atoms with van der Waals surface area (Å²) in [6, 6.07) is 15.2. The number of amides is 1. The van der Waals surface area contributed by atoms with Crippen molar-refractivity contribution in [1.82, 2.24) is 4.90 Å². The molecule has 0 unspecified atom stereocenters. The molecule has 0 heterocycles. The smallest absolute Gasteiger partial charge is 0.340 e. The Hall–Kier alpha value is -2.67. The summed E-state index contributed by atoms with van der Waals surface area (Å²) in [5.74, 6) is -1.22. The van der Waals surface area contributed by atoms with Crippen molar-refractivity contribution in [3.8, 4) is 0 Å². The van der Waals surface area contributed by atoms with Crippen LogP contribution in [0.5, 0.6) is 0 Å². The van der Waals surface area contributed by atoms with E-state index in [-0.39, 0.29) is 16.4 Å². The van der Waals surface area contributed by atoms with E-state index in [4.69, 9.17) is 4.74 Å². The quantitative estimate of drug-likeness (QED) is 0.724. The van der Waals surface area contributed by atoms with Gasteiger partial charge in [0.05, 0.1) is 10.5 Å². The van der Waals surface area contributed by atoms with E-state index in [0.717, 1.165) is 11.8 Å². The maximum absolute atomic E-state index is 12.4. The number of esters is 1. The van der Waals surface area contributed by atoms with Crippen molar-refractivity contribution in [2.75, 3.05) is 13.3 Å². The van der Waals surface area contributed by atoms with E-state index in [0.29, 0.717) is 6.54 Å². The zero-order valence-corrected chi connectivity index (χ0v) is 15.7. The molecule has 0 bridgehead atoms. The van der Waals surface area contributed by atoms with Crippen LogP contribution in [0.1, 0.15) is 22.8 Å². The monoisotopic (exact) mass is 375 g/mol. The molecule has 0 aliphatic carbocycles. The molecule has 0 fully saturated rings. The second kappa shape index (κ2) is 8.14. The first kappa shape index (κ1) is 19.7. The molecule has 2 aromatic carbocycles. The van der Waals surface area contributed by atoms with Gasteiger partial charge < -0.3 is 9.64 Å². The number of likely N-dealkylation sites (N-methyl/N-ethyl adjacent to an activating group) is 1. The van der Waals surface area contributed by atoms with Gasteiger partial charge in [-0.1, -0.05) is 42.5 Å². The number of nitrogens with zero attached hydrogens (tertiary/aromatic N) is 1. The number of ether oxygens (including phenoxy) is 1. The zero-order valence-electron chi connectivity index (χ0n) is 14.9. The summed E-state index contributed by atoms with van der Waals surface area (Å²) in [6.45, 7) is 1.84. The van der Waals surface area contributed by atoms with Gasteiger partial charge in [0.1, 0.15) is 0 Å². The predicted octanol–water partition coefficient (Wildman–Crippen LogP) is 2.29. The third kappa shape index (κ3) is 4.92. The lowest BCUT2D eigenvalue weighted by molar-refractivity contribution is -0.139. The minimum atomic E-state index is -3.59. The van der Waals surface area contributed by atoms with Crippen LogP contribution in [-0.2, 0) is 25.9 Å². The van der Waals surface area contributed by atoms with Gasteiger partial charge in [-0.3, -0.25) is 4.79 Å². The molecule has 0 saturated heterocycles. The minimum Gasteiger partial charge on any atom is -0.449 e. The minimum absolute atomic E-state index is 0.0830. The summed E-state index contributed by atoms with van der Waals surface area (Å²) in [7, 11) is -1.97. The van der Waals surface area contributed by atoms with Crippen LogP contribution >= 0.6 is 0 Å². The third-order valence-electron chi connectivity index (χ3n) is 3.78. The number of sulfone groups is 1. The molecule has 0 aromatic heterocycles. The zero-order chi connectivity index (χ0) is 19.3. The van der Waals surface area contributed by atoms with Crippen LogP contribution in [0.2, 0.25) is 0 Å². The molecular weight excluding hydrogens is 354 g/mol. The van der Waals surface area contributed by atoms with Crippen molar-refractivity contribution in [2.24, 2.45) is 0 Å². The number of benzene rings is 2. The van der Waals surface area contributed by atoms with Gasteiger partial charge in [-0.05, 0) is 24.6 Å². The Morgan fingerprint density at radius 3 is 2.23 bits per heavy atom. The van der Waals surface area contributed by atoms with E-state index >= 15 is 0 Å². The molecule has 1 atom stereocenters. The Balaban J connectivity index is 2.08. The molecule has 1 amide bonds. The summed E-state index contributed by atoms with van der Waals surface area (Å²) in [5.41, 5.74) is 0.865. The molecule has 2 aromatic rings. The van der Waals surface area contributed by atoms with Crippen molar-refractivity contribution in [1.29, 1.82) is 0 Å². The van der Waals surface area contributed by atoms with Crippen molar-refractivity contribution < 1.29 is 22.7 Å². The Labute approximate surface area is 153 Å². The van der Waals surface area contributed by atoms with Crippen molar-refractivity contribution >= 4 is 21.7 Å². The average molecular weight is 375 g/mol. The van der Waals surface area contributed by atoms with Crippen molar-refractivity contribution in [3.05, 3.63) is 65.7 Å². The molecule has 6 nitrogen and oxygen atoms in total. The first-order valence-electron chi connectivity index (χ1n) is 7.99. The van der Waals surface area contributed by atoms with Crippen LogP contribution < -0.4 is 0 Å². The van der Waals surface area contributed by atoms with Crippen LogP contribution in [0, 0.1) is 0 Å². The number of hydrogen-bond donors (Lipinski definition) is 0. The number of carbonyl (C=O) groups excluding carboxylic acids is 2. The van der Waals surface area contributed by atoms with E-state index in [9.17, 15) is 18.0 Å². The summed E-state index contributed by atoms with van der Waals surface area (Å²) >= 11 is 0. The first-order valence-corrected chi connectivity index (χ1v) is 9.88. The molecule has 0 N–H and O–H groups in total. The lowest BCUT2D eigenvalue weighted by atomic mass is 10.2. The van der Waals surface area contributed by atoms with Crippen LogP contribution in [0.4, 0.5) is 0 Å². The molecule has 26 heavy (non-hydrogen) atoms. The van der Waals surface area contributed by atoms with E-state index in [1.54, 1.807) is 13.1 Å². The number of hydrogen-bond acceptors (Lipinski definition) is 5. The first-order chi connectivity index (χ1) is 12.2. The fraction of sp³-hybridized carbons (Fsp3) is 0.263. The largest absolute Gasteiger partial charge is 0.449 e. The van der Waals surface area contributed by atoms with Gasteiger partial charge in [-0.2, -0.15) is 0 Å². The standard InChI is InChI=1S/C19H21NO5S/c1-14(18(21)20(2)13-15-9-5-4-6-10-15)25-19(22)16-11-7-8-12-17(16)26(3,23)24/h4-12,14H,13H2,1-3H3/t14-/m1/s1. The highest BCUT2D eigenvalue weighted by molar-refractivity contribution is 7.90. The number of rotatable bonds is 6. The fourth-order valence-electron chi connectivity index (χ4n) is 2.48. The van der Waals surface area contributed by atoms with Crippen LogP contribution in [0.25, 0.3) is 0 Å². The van der Waals surface area contributed by atoms with E-state index in [2.05, 4.69) is 0 Å². The maximum Gasteiger partial charge on any atom is 0.340 e. The average Bonchev–Trinajstić information content (AvgIpc) is 2.61. The van der Waals surface area contributed by atoms with E-state index < -0.39 is 21.9 Å². The lowest BCUT2D eigenvalue weighted by Gasteiger charge is -2.22. The second-order valence-corrected chi connectivity index (χ2v) is 7.98. The van der Waals surface area contributed by atoms with Gasteiger partial charge >= 0.3 is 5.97 Å². The maximum atomic E-state index is 12.4. The summed E-state index contributed by atoms with van der Waals surface area (Å²) in [5, 5.41) is 0. The highest BCUT2D eigenvalue weighted by atomic mass is 32.2. The topological polar surface area (TPSA) is 80.8 Å². The Bertz CT molecular complexity index is 893. The SMILES string of the molecule is C[C@@H](OC(=O)c1ccccc1S(C)(=O)=O)C(=O)N(C)Cc1ccccc1. The number of carbonyl (C=O) groups is 2. The molecule has 0 aliphatic heterocycles. The van der Waals surface area contributed by atoms with E-state index in [1.807, 2.05) is 30.3 Å². The predicted molar refractivity (Wildman–Crippen MR) is 97.3 cm³/mol. The van der Waals surface area contributed by atoms with Crippen LogP contribution in [-0.4, -0.2) is 44.6 Å². The summed E-state index contributed by atoms with van der Waals surface area (Å²) in [6.07, 6.45) is -0.0229. The molecule has 0 radical (unpaired) electrons. The molecule has 0 spiro atoms. The Morgan fingerprint density at radius 1 is 1.04 bits per heavy atom. The lowest BCUT2D eigenvalue weighted by Crippen LogP contribution is -2.37. The van der Waals surface area contributed by atoms with Gasteiger partial charge in [-0.15, -0.1) is 0 Å². The van der Waals surface area contributed by atoms with Gasteiger partial charge in [0.25, 0.3) is 5.91 Å². The van der Waals surface area contributed by atoms with Crippen LogP contribution in [0.15, 0.2) is 59.5 Å². The third-order valence-corrected chi connectivity index (χ3v) is 4.93. The molecule has 0 saturated carbocycles. The fourth-order valence-corrected chi connectivity index (χ4v) is 3.36. The van der Waals surface area contributed by atoms with E-state index in [1.165, 1.54) is 30.0 Å². The highest BCUT2D eigenvalue weighted by Gasteiger charge is 2.25. The van der Waals surface area contributed by atoms with Gasteiger partial charge in [-0.25, -0.2) is 13.2 Å². The van der Waals surface area contributed by atoms with Gasteiger partial charge in [0, 0.05) is 19.8 Å².